The van der Waals surface area contributed by atoms with Crippen LogP contribution >= 0.6 is 0 Å². The molecule has 0 aromatic heterocycles. The number of unbranched alkanes of at least 4 members (excludes halogenated alkanes) is 14. The lowest BCUT2D eigenvalue weighted by Gasteiger charge is -2.08. The van der Waals surface area contributed by atoms with Gasteiger partial charge in [0.25, 0.3) is 0 Å². The lowest BCUT2D eigenvalue weighted by molar-refractivity contribution is -0.146. The molecule has 4 nitrogen and oxygen atoms in total. The Morgan fingerprint density at radius 2 is 0.966 bits per heavy atom. The Bertz CT molecular complexity index is 417. The van der Waals surface area contributed by atoms with Gasteiger partial charge in [0.2, 0.25) is 0 Å². The van der Waals surface area contributed by atoms with Crippen molar-refractivity contribution in [3.05, 3.63) is 12.2 Å². The SMILES string of the molecule is C=C(CC(=O)OCCCCCCCCCC)C(=O)OCCCCCCCCCC. The van der Waals surface area contributed by atoms with Crippen LogP contribution in [0.15, 0.2) is 12.2 Å². The average molecular weight is 411 g/mol. The number of carbonyl (C=O) groups excluding carboxylic acids is 2. The summed E-state index contributed by atoms with van der Waals surface area (Å²) in [5.74, 6) is -0.862. The number of carbonyl (C=O) groups is 2. The summed E-state index contributed by atoms with van der Waals surface area (Å²) in [6.07, 6.45) is 19.2. The van der Waals surface area contributed by atoms with E-state index in [1.165, 1.54) is 77.0 Å². The third-order valence-electron chi connectivity index (χ3n) is 5.14. The van der Waals surface area contributed by atoms with E-state index in [0.29, 0.717) is 13.2 Å². The van der Waals surface area contributed by atoms with Gasteiger partial charge in [0.15, 0.2) is 0 Å². The van der Waals surface area contributed by atoms with Crippen LogP contribution in [0.2, 0.25) is 0 Å². The summed E-state index contributed by atoms with van der Waals surface area (Å²) in [5, 5.41) is 0. The second-order valence-corrected chi connectivity index (χ2v) is 8.09. The van der Waals surface area contributed by atoms with Crippen LogP contribution < -0.4 is 0 Å². The van der Waals surface area contributed by atoms with Gasteiger partial charge in [0, 0.05) is 5.57 Å². The van der Waals surface area contributed by atoms with Gasteiger partial charge >= 0.3 is 11.9 Å². The molecule has 0 bridgehead atoms. The number of ether oxygens (including phenoxy) is 2. The van der Waals surface area contributed by atoms with E-state index in [4.69, 9.17) is 9.47 Å². The van der Waals surface area contributed by atoms with E-state index < -0.39 is 5.97 Å². The number of hydrogen-bond donors (Lipinski definition) is 0. The molecule has 0 heterocycles. The van der Waals surface area contributed by atoms with E-state index in [2.05, 4.69) is 20.4 Å². The second kappa shape index (κ2) is 21.4. The summed E-state index contributed by atoms with van der Waals surface area (Å²) in [7, 11) is 0. The molecule has 0 aromatic carbocycles. The first-order chi connectivity index (χ1) is 14.1. The monoisotopic (exact) mass is 410 g/mol. The predicted molar refractivity (Wildman–Crippen MR) is 121 cm³/mol. The molecule has 0 atom stereocenters. The summed E-state index contributed by atoms with van der Waals surface area (Å²) in [6, 6.07) is 0. The molecule has 0 aliphatic carbocycles. The van der Waals surface area contributed by atoms with Crippen molar-refractivity contribution in [2.45, 2.75) is 123 Å². The Morgan fingerprint density at radius 1 is 0.586 bits per heavy atom. The van der Waals surface area contributed by atoms with Crippen LogP contribution in [-0.2, 0) is 19.1 Å². The summed E-state index contributed by atoms with van der Waals surface area (Å²) < 4.78 is 10.4. The van der Waals surface area contributed by atoms with E-state index >= 15 is 0 Å². The molecule has 0 spiro atoms. The van der Waals surface area contributed by atoms with Crippen molar-refractivity contribution in [2.24, 2.45) is 0 Å². The van der Waals surface area contributed by atoms with Crippen molar-refractivity contribution < 1.29 is 19.1 Å². The fourth-order valence-corrected chi connectivity index (χ4v) is 3.22. The van der Waals surface area contributed by atoms with Gasteiger partial charge in [-0.2, -0.15) is 0 Å². The summed E-state index contributed by atoms with van der Waals surface area (Å²) in [5.41, 5.74) is 0.186. The average Bonchev–Trinajstić information content (AvgIpc) is 2.71. The molecule has 0 aliphatic heterocycles. The molecule has 0 saturated heterocycles. The van der Waals surface area contributed by atoms with Crippen molar-refractivity contribution in [2.75, 3.05) is 13.2 Å². The number of hydrogen-bond acceptors (Lipinski definition) is 4. The molecular weight excluding hydrogens is 364 g/mol. The van der Waals surface area contributed by atoms with Gasteiger partial charge in [-0.1, -0.05) is 110 Å². The maximum Gasteiger partial charge on any atom is 0.333 e. The van der Waals surface area contributed by atoms with E-state index in [9.17, 15) is 9.59 Å². The molecule has 0 amide bonds. The maximum atomic E-state index is 11.9. The number of esters is 2. The normalized spacial score (nSPS) is 10.7. The Hall–Kier alpha value is -1.32. The first-order valence-electron chi connectivity index (χ1n) is 12.1. The van der Waals surface area contributed by atoms with E-state index in [-0.39, 0.29) is 18.0 Å². The molecule has 0 rings (SSSR count). The molecule has 0 aliphatic rings. The third kappa shape index (κ3) is 19.8. The highest BCUT2D eigenvalue weighted by atomic mass is 16.5. The molecule has 4 heteroatoms. The van der Waals surface area contributed by atoms with Gasteiger partial charge in [-0.15, -0.1) is 0 Å². The topological polar surface area (TPSA) is 52.6 Å². The Labute approximate surface area is 179 Å². The van der Waals surface area contributed by atoms with Gasteiger partial charge in [-0.25, -0.2) is 4.79 Å². The fourth-order valence-electron chi connectivity index (χ4n) is 3.22. The van der Waals surface area contributed by atoms with E-state index in [1.54, 1.807) is 0 Å². The minimum atomic E-state index is -0.475. The third-order valence-corrected chi connectivity index (χ3v) is 5.14. The van der Waals surface area contributed by atoms with Gasteiger partial charge in [-0.3, -0.25) is 4.79 Å². The Morgan fingerprint density at radius 3 is 1.41 bits per heavy atom. The first-order valence-corrected chi connectivity index (χ1v) is 12.1. The zero-order chi connectivity index (χ0) is 21.6. The van der Waals surface area contributed by atoms with E-state index in [0.717, 1.165) is 25.7 Å². The summed E-state index contributed by atoms with van der Waals surface area (Å²) in [6.45, 7) is 8.94. The molecule has 170 valence electrons. The zero-order valence-corrected chi connectivity index (χ0v) is 19.3. The second-order valence-electron chi connectivity index (χ2n) is 8.09. The van der Waals surface area contributed by atoms with Crippen LogP contribution in [0.4, 0.5) is 0 Å². The zero-order valence-electron chi connectivity index (χ0n) is 19.3. The molecule has 0 unspecified atom stereocenters. The minimum absolute atomic E-state index is 0.0761. The van der Waals surface area contributed by atoms with Gasteiger partial charge < -0.3 is 9.47 Å². The van der Waals surface area contributed by atoms with Gasteiger partial charge in [0.05, 0.1) is 19.6 Å². The lowest BCUT2D eigenvalue weighted by Crippen LogP contribution is -2.14. The van der Waals surface area contributed by atoms with Crippen LogP contribution in [0.25, 0.3) is 0 Å². The highest BCUT2D eigenvalue weighted by Gasteiger charge is 2.14. The van der Waals surface area contributed by atoms with Crippen LogP contribution in [0.5, 0.6) is 0 Å². The summed E-state index contributed by atoms with van der Waals surface area (Å²) >= 11 is 0. The van der Waals surface area contributed by atoms with Crippen LogP contribution in [0, 0.1) is 0 Å². The fraction of sp³-hybridized carbons (Fsp3) is 0.840. The molecule has 29 heavy (non-hydrogen) atoms. The van der Waals surface area contributed by atoms with Crippen LogP contribution in [0.1, 0.15) is 123 Å². The maximum absolute atomic E-state index is 11.9. The Balaban J connectivity index is 3.52. The largest absolute Gasteiger partial charge is 0.465 e. The molecule has 0 N–H and O–H groups in total. The molecule has 0 fully saturated rings. The highest BCUT2D eigenvalue weighted by Crippen LogP contribution is 2.10. The quantitative estimate of drug-likeness (QED) is 0.113. The van der Waals surface area contributed by atoms with Gasteiger partial charge in [-0.05, 0) is 12.8 Å². The van der Waals surface area contributed by atoms with Crippen molar-refractivity contribution >= 4 is 11.9 Å². The van der Waals surface area contributed by atoms with Crippen LogP contribution in [0.3, 0.4) is 0 Å². The Kier molecular flexibility index (Phi) is 20.4. The lowest BCUT2D eigenvalue weighted by atomic mass is 10.1. The smallest absolute Gasteiger partial charge is 0.333 e. The van der Waals surface area contributed by atoms with Crippen molar-refractivity contribution in [1.82, 2.24) is 0 Å². The molecular formula is C25H46O4. The minimum Gasteiger partial charge on any atom is -0.465 e. The molecule has 0 saturated carbocycles. The number of rotatable bonds is 21. The van der Waals surface area contributed by atoms with Crippen molar-refractivity contribution in [3.63, 3.8) is 0 Å². The highest BCUT2D eigenvalue weighted by molar-refractivity contribution is 5.93. The van der Waals surface area contributed by atoms with E-state index in [1.807, 2.05) is 0 Å². The van der Waals surface area contributed by atoms with Crippen molar-refractivity contribution in [3.8, 4) is 0 Å². The molecule has 0 aromatic rings. The summed E-state index contributed by atoms with van der Waals surface area (Å²) in [4.78, 5) is 23.7. The first kappa shape index (κ1) is 27.7. The van der Waals surface area contributed by atoms with Crippen LogP contribution in [-0.4, -0.2) is 25.2 Å². The standard InChI is InChI=1S/C25H46O4/c1-4-6-8-10-12-14-16-18-20-28-24(26)22-23(3)25(27)29-21-19-17-15-13-11-9-7-5-2/h3-22H2,1-2H3. The molecule has 0 radical (unpaired) electrons. The van der Waals surface area contributed by atoms with Gasteiger partial charge in [0.1, 0.15) is 0 Å². The predicted octanol–water partition coefficient (Wildman–Crippen LogP) is 7.30. The van der Waals surface area contributed by atoms with Crippen molar-refractivity contribution in [1.29, 1.82) is 0 Å².